The van der Waals surface area contributed by atoms with Crippen LogP contribution in [-0.4, -0.2) is 78.3 Å². The van der Waals surface area contributed by atoms with Crippen molar-refractivity contribution in [3.05, 3.63) is 182 Å². The number of anilines is 1. The summed E-state index contributed by atoms with van der Waals surface area (Å²) in [6.07, 6.45) is 0. The Balaban J connectivity index is 0.00000693. The van der Waals surface area contributed by atoms with Gasteiger partial charge in [0.05, 0.1) is 34.9 Å². The molecule has 4 aliphatic rings. The molecule has 16 heteroatoms. The Bertz CT molecular complexity index is 3770. The standard InChI is InChI=1S/C55H42N4O12.CH4/c1-58(2)32-11-16-37-45(23-32)70-46-24-33(59(3)4)12-17-38(46)48(37)35-14-9-30(21-41(35)54(66)67)52(63)56-26-28-5-7-29(8-6-28)51(62)57-27-43-44(61)20-19-40-49(39-18-13-34(60)25-47(39)71-50(40)43)36-15-10-31(53(64)65)22-42(36)55(68)69;/h5-25H,26-27H2,1-4H3,(H5-,56,57,60,61,62,63,64,65,66,67,68,69);1H4/p+1. The van der Waals surface area contributed by atoms with E-state index in [1.54, 1.807) is 36.4 Å². The third-order valence-electron chi connectivity index (χ3n) is 12.3. The number of benzene rings is 7. The number of fused-ring (bicyclic) bond motifs is 4. The van der Waals surface area contributed by atoms with E-state index in [4.69, 9.17) is 8.83 Å². The molecule has 2 amide bonds. The van der Waals surface area contributed by atoms with Crippen molar-refractivity contribution in [2.24, 2.45) is 0 Å². The molecule has 72 heavy (non-hydrogen) atoms. The van der Waals surface area contributed by atoms with E-state index in [0.29, 0.717) is 55.5 Å². The van der Waals surface area contributed by atoms with E-state index >= 15 is 0 Å². The highest BCUT2D eigenvalue weighted by atomic mass is 16.4. The maximum Gasteiger partial charge on any atom is 0.336 e. The zero-order chi connectivity index (χ0) is 50.4. The third-order valence-corrected chi connectivity index (χ3v) is 12.3. The molecule has 16 nitrogen and oxygen atoms in total. The molecular weight excluding hydrogens is 921 g/mol. The Morgan fingerprint density at radius 3 is 1.76 bits per heavy atom. The lowest BCUT2D eigenvalue weighted by atomic mass is 9.89. The second-order valence-electron chi connectivity index (χ2n) is 17.2. The number of carbonyl (C=O) groups excluding carboxylic acids is 2. The number of amides is 2. The lowest BCUT2D eigenvalue weighted by molar-refractivity contribution is 0.0682. The second kappa shape index (κ2) is 19.4. The molecule has 2 aliphatic heterocycles. The Morgan fingerprint density at radius 2 is 1.12 bits per heavy atom. The van der Waals surface area contributed by atoms with Crippen LogP contribution < -0.4 is 30.9 Å². The normalized spacial score (nSPS) is 11.1. The number of nitrogens with one attached hydrogen (secondary N) is 2. The number of carboxylic acid groups (broad SMARTS) is 3. The van der Waals surface area contributed by atoms with E-state index < -0.39 is 35.2 Å². The first-order chi connectivity index (χ1) is 34.0. The van der Waals surface area contributed by atoms with E-state index in [9.17, 15) is 49.2 Å². The zero-order valence-corrected chi connectivity index (χ0v) is 38.5. The molecule has 2 heterocycles. The number of hydrogen-bond donors (Lipinski definition) is 6. The molecule has 5 aromatic rings. The van der Waals surface area contributed by atoms with Gasteiger partial charge in [-0.3, -0.25) is 14.4 Å². The van der Waals surface area contributed by atoms with Crippen molar-refractivity contribution in [3.8, 4) is 50.7 Å². The number of aromatic carboxylic acids is 3. The van der Waals surface area contributed by atoms with Gasteiger partial charge >= 0.3 is 17.9 Å². The fourth-order valence-corrected chi connectivity index (χ4v) is 8.64. The van der Waals surface area contributed by atoms with Crippen LogP contribution >= 0.6 is 0 Å². The quantitative estimate of drug-likeness (QED) is 0.0498. The van der Waals surface area contributed by atoms with Crippen LogP contribution in [0.4, 0.5) is 5.69 Å². The van der Waals surface area contributed by atoms with Crippen LogP contribution in [0.15, 0.2) is 141 Å². The van der Waals surface area contributed by atoms with Gasteiger partial charge in [0.25, 0.3) is 11.8 Å². The predicted molar refractivity (Wildman–Crippen MR) is 272 cm³/mol. The lowest BCUT2D eigenvalue weighted by Crippen LogP contribution is -2.24. The number of carboxylic acids is 3. The van der Waals surface area contributed by atoms with Gasteiger partial charge in [0.2, 0.25) is 5.36 Å². The van der Waals surface area contributed by atoms with E-state index in [1.807, 2.05) is 74.1 Å². The number of phenols is 1. The van der Waals surface area contributed by atoms with E-state index in [2.05, 4.69) is 10.6 Å². The van der Waals surface area contributed by atoms with E-state index in [1.165, 1.54) is 48.5 Å². The zero-order valence-electron chi connectivity index (χ0n) is 38.5. The van der Waals surface area contributed by atoms with Gasteiger partial charge in [-0.25, -0.2) is 19.0 Å². The van der Waals surface area contributed by atoms with Gasteiger partial charge in [-0.05, 0) is 95.6 Å². The van der Waals surface area contributed by atoms with Gasteiger partial charge in [-0.15, -0.1) is 0 Å². The van der Waals surface area contributed by atoms with Crippen LogP contribution in [0.1, 0.15) is 70.3 Å². The first-order valence-electron chi connectivity index (χ1n) is 22.0. The molecule has 0 unspecified atom stereocenters. The van der Waals surface area contributed by atoms with Crippen LogP contribution in [0.2, 0.25) is 0 Å². The molecule has 0 saturated carbocycles. The molecule has 5 aromatic carbocycles. The fraction of sp³-hybridized carbons (Fsp3) is 0.125. The maximum atomic E-state index is 13.6. The Hall–Kier alpha value is -9.57. The molecule has 0 radical (unpaired) electrons. The second-order valence-corrected chi connectivity index (χ2v) is 17.2. The van der Waals surface area contributed by atoms with Crippen LogP contribution in [-0.2, 0) is 13.1 Å². The minimum absolute atomic E-state index is 0. The van der Waals surface area contributed by atoms with Crippen LogP contribution in [0, 0.1) is 0 Å². The Labute approximate surface area is 410 Å². The largest absolute Gasteiger partial charge is 0.507 e. The van der Waals surface area contributed by atoms with E-state index in [0.717, 1.165) is 17.1 Å². The van der Waals surface area contributed by atoms with Crippen molar-refractivity contribution >= 4 is 57.3 Å². The van der Waals surface area contributed by atoms with Crippen LogP contribution in [0.25, 0.3) is 66.8 Å². The Morgan fingerprint density at radius 1 is 0.569 bits per heavy atom. The molecule has 362 valence electrons. The molecule has 0 atom stereocenters. The van der Waals surface area contributed by atoms with Gasteiger partial charge < -0.3 is 44.8 Å². The van der Waals surface area contributed by atoms with E-state index in [-0.39, 0.29) is 76.6 Å². The third kappa shape index (κ3) is 9.19. The first kappa shape index (κ1) is 48.9. The molecule has 0 saturated heterocycles. The van der Waals surface area contributed by atoms with Crippen molar-refractivity contribution < 1.29 is 53.2 Å². The molecule has 9 rings (SSSR count). The summed E-state index contributed by atoms with van der Waals surface area (Å²) in [5.41, 5.74) is 4.07. The topological polar surface area (TPSA) is 240 Å². The fourth-order valence-electron chi connectivity index (χ4n) is 8.64. The number of nitrogens with zero attached hydrogens (tertiary/aromatic N) is 2. The monoisotopic (exact) mass is 967 g/mol. The molecular formula is C56H47N4O12+. The number of aromatic hydroxyl groups is 1. The lowest BCUT2D eigenvalue weighted by Gasteiger charge is -2.19. The van der Waals surface area contributed by atoms with Gasteiger partial charge in [0.1, 0.15) is 42.5 Å². The van der Waals surface area contributed by atoms with Crippen molar-refractivity contribution in [3.63, 3.8) is 0 Å². The molecule has 0 bridgehead atoms. The van der Waals surface area contributed by atoms with Crippen LogP contribution in [0.3, 0.4) is 0 Å². The summed E-state index contributed by atoms with van der Waals surface area (Å²) in [6.45, 7) is -0.231. The average molecular weight is 968 g/mol. The number of hydrogen-bond acceptors (Lipinski definition) is 10. The summed E-state index contributed by atoms with van der Waals surface area (Å²) < 4.78 is 14.5. The van der Waals surface area contributed by atoms with Crippen molar-refractivity contribution in [2.75, 3.05) is 33.1 Å². The summed E-state index contributed by atoms with van der Waals surface area (Å²) in [4.78, 5) is 78.6. The summed E-state index contributed by atoms with van der Waals surface area (Å²) in [5, 5.41) is 48.8. The van der Waals surface area contributed by atoms with Crippen molar-refractivity contribution in [1.29, 1.82) is 0 Å². The molecule has 2 aliphatic carbocycles. The highest BCUT2D eigenvalue weighted by Gasteiger charge is 2.27. The highest BCUT2D eigenvalue weighted by molar-refractivity contribution is 6.11. The summed E-state index contributed by atoms with van der Waals surface area (Å²) in [6, 6.07) is 32.8. The van der Waals surface area contributed by atoms with Crippen molar-refractivity contribution in [2.45, 2.75) is 20.5 Å². The van der Waals surface area contributed by atoms with Crippen molar-refractivity contribution in [1.82, 2.24) is 15.2 Å². The number of carbonyl (C=O) groups is 5. The van der Waals surface area contributed by atoms with Gasteiger partial charge in [0, 0.05) is 88.7 Å². The van der Waals surface area contributed by atoms with Gasteiger partial charge in [-0.1, -0.05) is 31.7 Å². The summed E-state index contributed by atoms with van der Waals surface area (Å²) in [7, 11) is 7.66. The summed E-state index contributed by atoms with van der Waals surface area (Å²) in [5.74, 6) is -4.65. The Kier molecular flexibility index (Phi) is 13.2. The SMILES string of the molecule is C.CN(C)c1ccc2c(-c3ccc(C(=O)NCc4ccc(C(=O)NCc5c(O)ccc6c(-c7ccc(C(=O)O)cc7C(=O)O)c7ccc(=O)cc-7oc56)cc4)cc3C(=O)O)c3ccc(=[N+](C)C)cc-3oc2c1. The number of phenolic OH excluding ortho intramolecular Hbond substituents is 1. The first-order valence-corrected chi connectivity index (χ1v) is 22.0. The predicted octanol–water partition coefficient (Wildman–Crippen LogP) is 8.48. The summed E-state index contributed by atoms with van der Waals surface area (Å²) >= 11 is 0. The minimum atomic E-state index is -1.40. The molecule has 6 N–H and O–H groups in total. The smallest absolute Gasteiger partial charge is 0.336 e. The minimum Gasteiger partial charge on any atom is -0.507 e. The number of rotatable bonds is 12. The average Bonchev–Trinajstić information content (AvgIpc) is 3.35. The van der Waals surface area contributed by atoms with Gasteiger partial charge in [0.15, 0.2) is 5.43 Å². The maximum absolute atomic E-state index is 13.6. The van der Waals surface area contributed by atoms with Gasteiger partial charge in [-0.2, -0.15) is 0 Å². The molecule has 0 spiro atoms. The molecule has 0 aromatic heterocycles. The molecule has 0 fully saturated rings. The highest BCUT2D eigenvalue weighted by Crippen LogP contribution is 2.45. The van der Waals surface area contributed by atoms with Crippen LogP contribution in [0.5, 0.6) is 5.75 Å².